The maximum absolute atomic E-state index is 11.9. The van der Waals surface area contributed by atoms with Crippen LogP contribution in [0.3, 0.4) is 0 Å². The van der Waals surface area contributed by atoms with Crippen LogP contribution in [0.25, 0.3) is 11.3 Å². The number of benzene rings is 1. The van der Waals surface area contributed by atoms with E-state index < -0.39 is 11.9 Å². The molecule has 1 aromatic carbocycles. The molecule has 3 aromatic rings. The number of hydrogen-bond acceptors (Lipinski definition) is 8. The van der Waals surface area contributed by atoms with Crippen molar-refractivity contribution in [3.05, 3.63) is 53.9 Å². The summed E-state index contributed by atoms with van der Waals surface area (Å²) in [6, 6.07) is 9.89. The third-order valence-corrected chi connectivity index (χ3v) is 3.61. The fourth-order valence-corrected chi connectivity index (χ4v) is 2.38. The van der Waals surface area contributed by atoms with Crippen molar-refractivity contribution in [1.82, 2.24) is 20.4 Å². The molecule has 0 amide bonds. The molecule has 0 fully saturated rings. The van der Waals surface area contributed by atoms with Crippen molar-refractivity contribution in [2.24, 2.45) is 0 Å². The molecule has 1 N–H and O–H groups in total. The lowest BCUT2D eigenvalue weighted by molar-refractivity contribution is 0.0513. The Morgan fingerprint density at radius 2 is 1.68 bits per heavy atom. The molecule has 0 radical (unpaired) electrons. The van der Waals surface area contributed by atoms with E-state index in [-0.39, 0.29) is 24.8 Å². The number of pyridine rings is 1. The first-order valence-corrected chi connectivity index (χ1v) is 8.61. The van der Waals surface area contributed by atoms with Crippen LogP contribution in [-0.2, 0) is 9.47 Å². The molecule has 0 aliphatic heterocycles. The van der Waals surface area contributed by atoms with Crippen molar-refractivity contribution in [3.8, 4) is 22.9 Å². The summed E-state index contributed by atoms with van der Waals surface area (Å²) in [4.78, 5) is 27.8. The fraction of sp³-hybridized carbons (Fsp3) is 0.211. The Bertz CT molecular complexity index is 968. The number of hydrogen-bond donors (Lipinski definition) is 1. The zero-order valence-corrected chi connectivity index (χ0v) is 15.3. The topological polar surface area (TPSA) is 116 Å². The molecule has 28 heavy (non-hydrogen) atoms. The highest BCUT2D eigenvalue weighted by molar-refractivity contribution is 5.93. The van der Waals surface area contributed by atoms with E-state index in [1.165, 1.54) is 12.3 Å². The minimum Gasteiger partial charge on any atom is -0.462 e. The highest BCUT2D eigenvalue weighted by Gasteiger charge is 2.19. The van der Waals surface area contributed by atoms with Gasteiger partial charge in [0.15, 0.2) is 5.69 Å². The number of nitrogens with one attached hydrogen (secondary N) is 1. The number of aromatic nitrogens is 4. The van der Waals surface area contributed by atoms with Crippen molar-refractivity contribution < 1.29 is 23.8 Å². The van der Waals surface area contributed by atoms with Gasteiger partial charge in [0.05, 0.1) is 18.8 Å². The third kappa shape index (κ3) is 4.32. The molecule has 0 spiro atoms. The Balaban J connectivity index is 1.76. The molecular weight excluding hydrogens is 364 g/mol. The molecule has 0 unspecified atom stereocenters. The zero-order chi connectivity index (χ0) is 19.9. The molecule has 9 nitrogen and oxygen atoms in total. The van der Waals surface area contributed by atoms with Crippen LogP contribution >= 0.6 is 0 Å². The third-order valence-electron chi connectivity index (χ3n) is 3.61. The van der Waals surface area contributed by atoms with Gasteiger partial charge < -0.3 is 14.2 Å². The summed E-state index contributed by atoms with van der Waals surface area (Å²) >= 11 is 0. The van der Waals surface area contributed by atoms with Gasteiger partial charge in [-0.25, -0.2) is 14.6 Å². The maximum atomic E-state index is 11.9. The lowest BCUT2D eigenvalue weighted by Crippen LogP contribution is -2.06. The van der Waals surface area contributed by atoms with Crippen LogP contribution in [-0.4, -0.2) is 45.5 Å². The Morgan fingerprint density at radius 3 is 2.39 bits per heavy atom. The first-order valence-electron chi connectivity index (χ1n) is 8.61. The fourth-order valence-electron chi connectivity index (χ4n) is 2.38. The van der Waals surface area contributed by atoms with E-state index in [9.17, 15) is 9.59 Å². The van der Waals surface area contributed by atoms with E-state index in [0.717, 1.165) is 0 Å². The van der Waals surface area contributed by atoms with Crippen molar-refractivity contribution >= 4 is 11.9 Å². The number of carbonyl (C=O) groups excluding carboxylic acids is 2. The van der Waals surface area contributed by atoms with E-state index in [0.29, 0.717) is 22.6 Å². The molecule has 9 heteroatoms. The van der Waals surface area contributed by atoms with Crippen LogP contribution < -0.4 is 4.74 Å². The minimum atomic E-state index is -0.549. The zero-order valence-electron chi connectivity index (χ0n) is 15.3. The number of ether oxygens (including phenoxy) is 3. The maximum Gasteiger partial charge on any atom is 0.361 e. The van der Waals surface area contributed by atoms with E-state index in [1.807, 2.05) is 0 Å². The summed E-state index contributed by atoms with van der Waals surface area (Å²) in [5.41, 5.74) is 1.51. The first kappa shape index (κ1) is 19.0. The van der Waals surface area contributed by atoms with Gasteiger partial charge in [0.1, 0.15) is 11.4 Å². The Hall–Kier alpha value is -3.75. The number of rotatable bonds is 7. The number of nitrogens with zero attached hydrogens (tertiary/aromatic N) is 3. The molecule has 3 rings (SSSR count). The normalized spacial score (nSPS) is 10.4. The average molecular weight is 382 g/mol. The lowest BCUT2D eigenvalue weighted by Gasteiger charge is -2.07. The highest BCUT2D eigenvalue weighted by Crippen LogP contribution is 2.26. The number of H-pyrrole nitrogens is 1. The molecule has 0 bridgehead atoms. The molecule has 0 saturated carbocycles. The van der Waals surface area contributed by atoms with E-state index in [2.05, 4.69) is 20.4 Å². The summed E-state index contributed by atoms with van der Waals surface area (Å²) in [6.07, 6.45) is 1.47. The summed E-state index contributed by atoms with van der Waals surface area (Å²) in [5.74, 6) is -0.237. The van der Waals surface area contributed by atoms with Crippen molar-refractivity contribution in [2.45, 2.75) is 13.8 Å². The van der Waals surface area contributed by atoms with Gasteiger partial charge in [-0.15, -0.1) is 5.10 Å². The molecule has 0 atom stereocenters. The van der Waals surface area contributed by atoms with Crippen molar-refractivity contribution in [3.63, 3.8) is 0 Å². The summed E-state index contributed by atoms with van der Waals surface area (Å²) in [7, 11) is 0. The second-order valence-corrected chi connectivity index (χ2v) is 5.47. The minimum absolute atomic E-state index is 0.110. The first-order chi connectivity index (χ1) is 13.6. The van der Waals surface area contributed by atoms with Gasteiger partial charge >= 0.3 is 11.9 Å². The average Bonchev–Trinajstić information content (AvgIpc) is 3.19. The van der Waals surface area contributed by atoms with Crippen molar-refractivity contribution in [1.29, 1.82) is 0 Å². The second-order valence-electron chi connectivity index (χ2n) is 5.47. The largest absolute Gasteiger partial charge is 0.462 e. The Morgan fingerprint density at radius 1 is 0.964 bits per heavy atom. The van der Waals surface area contributed by atoms with Crippen LogP contribution in [0.1, 0.15) is 34.7 Å². The van der Waals surface area contributed by atoms with Crippen LogP contribution in [0.4, 0.5) is 0 Å². The molecule has 144 valence electrons. The molecule has 0 aliphatic rings. The van der Waals surface area contributed by atoms with Gasteiger partial charge in [0.25, 0.3) is 0 Å². The molecule has 0 saturated heterocycles. The summed E-state index contributed by atoms with van der Waals surface area (Å²) < 4.78 is 15.6. The van der Waals surface area contributed by atoms with E-state index in [1.54, 1.807) is 44.2 Å². The molecular formula is C19H18N4O5. The van der Waals surface area contributed by atoms with Gasteiger partial charge in [-0.2, -0.15) is 10.3 Å². The second kappa shape index (κ2) is 8.76. The highest BCUT2D eigenvalue weighted by atomic mass is 16.5. The lowest BCUT2D eigenvalue weighted by atomic mass is 10.1. The van der Waals surface area contributed by atoms with Crippen LogP contribution in [0.2, 0.25) is 0 Å². The molecule has 2 heterocycles. The SMILES string of the molecule is CCOC(=O)c1ccnc(Oc2ccc(-c3n[nH]nc3C(=O)OCC)cc2)c1. The Labute approximate surface area is 160 Å². The van der Waals surface area contributed by atoms with E-state index >= 15 is 0 Å². The molecule has 2 aromatic heterocycles. The summed E-state index contributed by atoms with van der Waals surface area (Å²) in [5, 5.41) is 10.3. The predicted molar refractivity (Wildman–Crippen MR) is 98.0 cm³/mol. The summed E-state index contributed by atoms with van der Waals surface area (Å²) in [6.45, 7) is 3.99. The van der Waals surface area contributed by atoms with Gasteiger partial charge in [-0.05, 0) is 44.2 Å². The number of carbonyl (C=O) groups is 2. The van der Waals surface area contributed by atoms with E-state index in [4.69, 9.17) is 14.2 Å². The molecule has 0 aliphatic carbocycles. The van der Waals surface area contributed by atoms with Gasteiger partial charge in [-0.1, -0.05) is 0 Å². The van der Waals surface area contributed by atoms with Gasteiger partial charge in [-0.3, -0.25) is 0 Å². The van der Waals surface area contributed by atoms with Crippen molar-refractivity contribution in [2.75, 3.05) is 13.2 Å². The number of aromatic amines is 1. The smallest absolute Gasteiger partial charge is 0.361 e. The quantitative estimate of drug-likeness (QED) is 0.620. The Kier molecular flexibility index (Phi) is 5.95. The van der Waals surface area contributed by atoms with Gasteiger partial charge in [0, 0.05) is 17.8 Å². The monoisotopic (exact) mass is 382 g/mol. The predicted octanol–water partition coefficient (Wildman–Crippen LogP) is 3.01. The van der Waals surface area contributed by atoms with Crippen LogP contribution in [0, 0.1) is 0 Å². The van der Waals surface area contributed by atoms with Crippen LogP contribution in [0.5, 0.6) is 11.6 Å². The standard InChI is InChI=1S/C19H18N4O5/c1-3-26-18(24)13-9-10-20-15(11-13)28-14-7-5-12(6-8-14)16-17(22-23-21-16)19(25)27-4-2/h5-11H,3-4H2,1-2H3,(H,21,22,23). The van der Waals surface area contributed by atoms with Gasteiger partial charge in [0.2, 0.25) is 5.88 Å². The number of esters is 2. The van der Waals surface area contributed by atoms with Crippen LogP contribution in [0.15, 0.2) is 42.6 Å².